The van der Waals surface area contributed by atoms with Crippen LogP contribution in [0.15, 0.2) is 24.3 Å². The lowest BCUT2D eigenvalue weighted by Crippen LogP contribution is -2.47. The van der Waals surface area contributed by atoms with Crippen LogP contribution in [0.4, 0.5) is 11.4 Å². The van der Waals surface area contributed by atoms with Gasteiger partial charge in [-0.1, -0.05) is 0 Å². The van der Waals surface area contributed by atoms with Crippen LogP contribution in [0.1, 0.15) is 26.2 Å². The Kier molecular flexibility index (Phi) is 4.83. The molecule has 2 amide bonds. The summed E-state index contributed by atoms with van der Waals surface area (Å²) < 4.78 is 0. The van der Waals surface area contributed by atoms with Crippen LogP contribution in [0.5, 0.6) is 0 Å². The molecular weight excluding hydrogens is 266 g/mol. The summed E-state index contributed by atoms with van der Waals surface area (Å²) in [5.74, 6) is -0.986. The predicted molar refractivity (Wildman–Crippen MR) is 84.4 cm³/mol. The maximum absolute atomic E-state index is 12.2. The highest BCUT2D eigenvalue weighted by Gasteiger charge is 2.28. The molecule has 1 saturated heterocycles. The van der Waals surface area contributed by atoms with E-state index in [0.717, 1.165) is 24.9 Å². The van der Waals surface area contributed by atoms with Gasteiger partial charge in [0.05, 0.1) is 0 Å². The third kappa shape index (κ3) is 3.74. The van der Waals surface area contributed by atoms with Crippen LogP contribution in [0.2, 0.25) is 0 Å². The lowest BCUT2D eigenvalue weighted by atomic mass is 10.0. The third-order valence-electron chi connectivity index (χ3n) is 3.90. The Balaban J connectivity index is 1.98. The van der Waals surface area contributed by atoms with E-state index in [0.29, 0.717) is 12.2 Å². The monoisotopic (exact) mass is 289 g/mol. The number of likely N-dealkylation sites (tertiary alicyclic amines) is 1. The van der Waals surface area contributed by atoms with Crippen LogP contribution < -0.4 is 10.2 Å². The first-order valence-corrected chi connectivity index (χ1v) is 7.38. The summed E-state index contributed by atoms with van der Waals surface area (Å²) in [6.45, 7) is 2.67. The summed E-state index contributed by atoms with van der Waals surface area (Å²) in [4.78, 5) is 27.9. The van der Waals surface area contributed by atoms with Gasteiger partial charge >= 0.3 is 11.8 Å². The van der Waals surface area contributed by atoms with E-state index in [1.54, 1.807) is 17.0 Å². The Morgan fingerprint density at radius 1 is 1.19 bits per heavy atom. The molecule has 21 heavy (non-hydrogen) atoms. The summed E-state index contributed by atoms with van der Waals surface area (Å²) in [5, 5.41) is 2.68. The second kappa shape index (κ2) is 6.61. The van der Waals surface area contributed by atoms with Gasteiger partial charge in [-0.15, -0.1) is 0 Å². The van der Waals surface area contributed by atoms with Gasteiger partial charge in [-0.3, -0.25) is 9.59 Å². The number of nitrogens with zero attached hydrogens (tertiary/aromatic N) is 2. The van der Waals surface area contributed by atoms with Crippen LogP contribution in [-0.2, 0) is 9.59 Å². The van der Waals surface area contributed by atoms with E-state index >= 15 is 0 Å². The van der Waals surface area contributed by atoms with E-state index in [9.17, 15) is 9.59 Å². The molecule has 114 valence electrons. The zero-order valence-electron chi connectivity index (χ0n) is 12.9. The number of piperidine rings is 1. The van der Waals surface area contributed by atoms with Crippen molar-refractivity contribution in [1.82, 2.24) is 4.90 Å². The molecule has 0 radical (unpaired) electrons. The largest absolute Gasteiger partial charge is 0.378 e. The second-order valence-electron chi connectivity index (χ2n) is 5.74. The number of hydrogen-bond donors (Lipinski definition) is 1. The molecule has 1 aliphatic heterocycles. The zero-order valence-corrected chi connectivity index (χ0v) is 12.9. The van der Waals surface area contributed by atoms with Gasteiger partial charge < -0.3 is 15.1 Å². The molecule has 0 aromatic heterocycles. The number of anilines is 2. The first-order chi connectivity index (χ1) is 9.99. The van der Waals surface area contributed by atoms with E-state index < -0.39 is 11.8 Å². The highest BCUT2D eigenvalue weighted by Crippen LogP contribution is 2.18. The molecule has 1 N–H and O–H groups in total. The van der Waals surface area contributed by atoms with Crippen molar-refractivity contribution in [2.24, 2.45) is 0 Å². The topological polar surface area (TPSA) is 52.7 Å². The molecular formula is C16H23N3O2. The van der Waals surface area contributed by atoms with Crippen molar-refractivity contribution < 1.29 is 9.59 Å². The fourth-order valence-electron chi connectivity index (χ4n) is 2.56. The van der Waals surface area contributed by atoms with Crippen molar-refractivity contribution in [3.63, 3.8) is 0 Å². The van der Waals surface area contributed by atoms with Crippen LogP contribution in [0.3, 0.4) is 0 Å². The van der Waals surface area contributed by atoms with Gasteiger partial charge in [0.2, 0.25) is 0 Å². The molecule has 5 heteroatoms. The van der Waals surface area contributed by atoms with E-state index in [1.807, 2.05) is 38.1 Å². The lowest BCUT2D eigenvalue weighted by Gasteiger charge is -2.32. The molecule has 1 heterocycles. The van der Waals surface area contributed by atoms with Gasteiger partial charge in [-0.05, 0) is 50.5 Å². The van der Waals surface area contributed by atoms with E-state index in [1.165, 1.54) is 0 Å². The van der Waals surface area contributed by atoms with Crippen molar-refractivity contribution >= 4 is 23.2 Å². The molecule has 0 bridgehead atoms. The predicted octanol–water partition coefficient (Wildman–Crippen LogP) is 2.09. The minimum absolute atomic E-state index is 0.146. The molecule has 1 fully saturated rings. The van der Waals surface area contributed by atoms with Gasteiger partial charge in [0, 0.05) is 38.1 Å². The fourth-order valence-corrected chi connectivity index (χ4v) is 2.56. The zero-order chi connectivity index (χ0) is 15.4. The summed E-state index contributed by atoms with van der Waals surface area (Å²) in [6.07, 6.45) is 3.07. The Morgan fingerprint density at radius 3 is 2.43 bits per heavy atom. The fraction of sp³-hybridized carbons (Fsp3) is 0.500. The molecule has 0 aliphatic carbocycles. The maximum atomic E-state index is 12.2. The normalized spacial score (nSPS) is 18.2. The van der Waals surface area contributed by atoms with Crippen molar-refractivity contribution in [2.75, 3.05) is 30.9 Å². The average molecular weight is 289 g/mol. The Morgan fingerprint density at radius 2 is 1.86 bits per heavy atom. The summed E-state index contributed by atoms with van der Waals surface area (Å²) in [7, 11) is 3.91. The van der Waals surface area contributed by atoms with Gasteiger partial charge in [-0.2, -0.15) is 0 Å². The molecule has 1 aromatic carbocycles. The first-order valence-electron chi connectivity index (χ1n) is 7.38. The van der Waals surface area contributed by atoms with Gasteiger partial charge in [0.15, 0.2) is 0 Å². The first kappa shape index (κ1) is 15.4. The Labute approximate surface area is 125 Å². The van der Waals surface area contributed by atoms with Crippen molar-refractivity contribution in [3.8, 4) is 0 Å². The Bertz CT molecular complexity index is 511. The van der Waals surface area contributed by atoms with Crippen LogP contribution in [-0.4, -0.2) is 43.4 Å². The van der Waals surface area contributed by atoms with Crippen LogP contribution >= 0.6 is 0 Å². The number of rotatable bonds is 2. The third-order valence-corrected chi connectivity index (χ3v) is 3.90. The standard InChI is InChI=1S/C16H23N3O2/c1-12-6-4-5-11-19(12)16(21)15(20)17-13-7-9-14(10-8-13)18(2)3/h7-10,12H,4-6,11H2,1-3H3,(H,17,20). The van der Waals surface area contributed by atoms with Crippen molar-refractivity contribution in [1.29, 1.82) is 0 Å². The highest BCUT2D eigenvalue weighted by atomic mass is 16.2. The number of carbonyl (C=O) groups excluding carboxylic acids is 2. The number of nitrogens with one attached hydrogen (secondary N) is 1. The molecule has 1 aliphatic rings. The summed E-state index contributed by atoms with van der Waals surface area (Å²) in [6, 6.07) is 7.57. The lowest BCUT2D eigenvalue weighted by molar-refractivity contribution is -0.145. The smallest absolute Gasteiger partial charge is 0.313 e. The van der Waals surface area contributed by atoms with Gasteiger partial charge in [-0.25, -0.2) is 0 Å². The minimum atomic E-state index is -0.554. The van der Waals surface area contributed by atoms with Crippen molar-refractivity contribution in [2.45, 2.75) is 32.2 Å². The SMILES string of the molecule is CC1CCCCN1C(=O)C(=O)Nc1ccc(N(C)C)cc1. The second-order valence-corrected chi connectivity index (χ2v) is 5.74. The molecule has 5 nitrogen and oxygen atoms in total. The quantitative estimate of drug-likeness (QED) is 0.848. The molecule has 0 spiro atoms. The van der Waals surface area contributed by atoms with E-state index in [-0.39, 0.29) is 6.04 Å². The summed E-state index contributed by atoms with van der Waals surface area (Å²) in [5.41, 5.74) is 1.69. The highest BCUT2D eigenvalue weighted by molar-refractivity contribution is 6.39. The minimum Gasteiger partial charge on any atom is -0.378 e. The molecule has 1 aromatic rings. The molecule has 1 atom stereocenters. The Hall–Kier alpha value is -2.04. The molecule has 1 unspecified atom stereocenters. The van der Waals surface area contributed by atoms with Gasteiger partial charge in [0.1, 0.15) is 0 Å². The molecule has 0 saturated carbocycles. The van der Waals surface area contributed by atoms with Crippen molar-refractivity contribution in [3.05, 3.63) is 24.3 Å². The van der Waals surface area contributed by atoms with Gasteiger partial charge in [0.25, 0.3) is 0 Å². The van der Waals surface area contributed by atoms with E-state index in [2.05, 4.69) is 5.32 Å². The average Bonchev–Trinajstić information content (AvgIpc) is 2.47. The number of carbonyl (C=O) groups is 2. The number of benzene rings is 1. The summed E-state index contributed by atoms with van der Waals surface area (Å²) >= 11 is 0. The van der Waals surface area contributed by atoms with Crippen LogP contribution in [0.25, 0.3) is 0 Å². The number of amides is 2. The van der Waals surface area contributed by atoms with E-state index in [4.69, 9.17) is 0 Å². The number of hydrogen-bond acceptors (Lipinski definition) is 3. The maximum Gasteiger partial charge on any atom is 0.313 e. The van der Waals surface area contributed by atoms with Crippen LogP contribution in [0, 0.1) is 0 Å². The molecule has 2 rings (SSSR count).